The van der Waals surface area contributed by atoms with Gasteiger partial charge < -0.3 is 9.84 Å². The molecule has 1 aromatic heterocycles. The maximum Gasteiger partial charge on any atom is 0.433 e. The molecule has 1 N–H and O–H groups in total. The Bertz CT molecular complexity index is 1020. The van der Waals surface area contributed by atoms with Gasteiger partial charge in [0.25, 0.3) is 0 Å². The number of pyridine rings is 1. The monoisotopic (exact) mass is 520 g/mol. The number of aromatic nitrogens is 1. The number of ether oxygens (including phenoxy) is 1. The number of nitrogens with zero attached hydrogens (tertiary/aromatic N) is 4. The number of hydrogen-bond acceptors (Lipinski definition) is 6. The van der Waals surface area contributed by atoms with E-state index in [9.17, 15) is 23.1 Å². The van der Waals surface area contributed by atoms with Crippen molar-refractivity contribution in [1.82, 2.24) is 14.8 Å². The second-order valence-corrected chi connectivity index (χ2v) is 9.76. The summed E-state index contributed by atoms with van der Waals surface area (Å²) in [5.74, 6) is -0.237. The highest BCUT2D eigenvalue weighted by molar-refractivity contribution is 5.92. The number of amides is 1. The van der Waals surface area contributed by atoms with Gasteiger partial charge in [-0.15, -0.1) is 0 Å². The Kier molecular flexibility index (Phi) is 8.84. The van der Waals surface area contributed by atoms with Crippen molar-refractivity contribution in [2.24, 2.45) is 0 Å². The maximum absolute atomic E-state index is 13.4. The van der Waals surface area contributed by atoms with E-state index in [1.807, 2.05) is 30.3 Å². The molecule has 2 aliphatic heterocycles. The molecule has 7 nitrogen and oxygen atoms in total. The van der Waals surface area contributed by atoms with E-state index in [1.165, 1.54) is 17.0 Å². The summed E-state index contributed by atoms with van der Waals surface area (Å²) in [5, 5.41) is 10.6. The molecular weight excluding hydrogens is 485 g/mol. The molecule has 0 spiro atoms. The molecule has 1 atom stereocenters. The van der Waals surface area contributed by atoms with Crippen LogP contribution in [0.5, 0.6) is 0 Å². The average molecular weight is 521 g/mol. The molecule has 0 aliphatic carbocycles. The zero-order chi connectivity index (χ0) is 26.5. The molecule has 2 saturated heterocycles. The van der Waals surface area contributed by atoms with Gasteiger partial charge >= 0.3 is 6.18 Å². The quantitative estimate of drug-likeness (QED) is 0.572. The molecule has 0 saturated carbocycles. The van der Waals surface area contributed by atoms with Gasteiger partial charge in [-0.25, -0.2) is 4.98 Å². The Morgan fingerprint density at radius 3 is 2.38 bits per heavy atom. The number of aliphatic hydroxyl groups excluding tert-OH is 1. The van der Waals surface area contributed by atoms with Crippen LogP contribution in [-0.2, 0) is 15.7 Å². The first kappa shape index (κ1) is 27.5. The van der Waals surface area contributed by atoms with Crippen molar-refractivity contribution in [1.29, 1.82) is 0 Å². The number of carbonyl (C=O) groups is 1. The maximum atomic E-state index is 13.4. The summed E-state index contributed by atoms with van der Waals surface area (Å²) < 4.78 is 45.7. The predicted octanol–water partition coefficient (Wildman–Crippen LogP) is 3.74. The highest BCUT2D eigenvalue weighted by atomic mass is 19.4. The fourth-order valence-corrected chi connectivity index (χ4v) is 5.27. The van der Waals surface area contributed by atoms with Gasteiger partial charge in [-0.05, 0) is 30.5 Å². The van der Waals surface area contributed by atoms with Crippen LogP contribution in [0.25, 0.3) is 0 Å². The first-order chi connectivity index (χ1) is 17.7. The lowest BCUT2D eigenvalue weighted by Crippen LogP contribution is -2.63. The fraction of sp³-hybridized carbons (Fsp3) is 0.556. The predicted molar refractivity (Wildman–Crippen MR) is 134 cm³/mol. The molecule has 2 aromatic rings. The van der Waals surface area contributed by atoms with Crippen LogP contribution in [0.3, 0.4) is 0 Å². The Hall–Kier alpha value is -2.53. The highest BCUT2D eigenvalue weighted by Gasteiger charge is 2.43. The first-order valence-corrected chi connectivity index (χ1v) is 12.8. The van der Waals surface area contributed by atoms with Crippen molar-refractivity contribution in [2.75, 3.05) is 57.4 Å². The molecule has 0 bridgehead atoms. The smallest absolute Gasteiger partial charge is 0.387 e. The van der Waals surface area contributed by atoms with Gasteiger partial charge in [-0.1, -0.05) is 43.3 Å². The minimum atomic E-state index is -4.59. The summed E-state index contributed by atoms with van der Waals surface area (Å²) >= 11 is 0. The van der Waals surface area contributed by atoms with E-state index in [2.05, 4.69) is 14.8 Å². The molecule has 1 amide bonds. The first-order valence-electron chi connectivity index (χ1n) is 12.8. The van der Waals surface area contributed by atoms with E-state index < -0.39 is 23.5 Å². The summed E-state index contributed by atoms with van der Waals surface area (Å²) in [6.45, 7) is 6.49. The van der Waals surface area contributed by atoms with Crippen molar-refractivity contribution in [3.05, 3.63) is 59.8 Å². The number of aliphatic hydroxyl groups is 1. The Balaban J connectivity index is 1.50. The molecule has 3 heterocycles. The van der Waals surface area contributed by atoms with Crippen molar-refractivity contribution >= 4 is 11.7 Å². The number of halogens is 3. The number of anilines is 1. The van der Waals surface area contributed by atoms with Crippen LogP contribution in [0.15, 0.2) is 48.5 Å². The van der Waals surface area contributed by atoms with Crippen LogP contribution >= 0.6 is 0 Å². The molecule has 2 fully saturated rings. The number of rotatable bonds is 8. The summed E-state index contributed by atoms with van der Waals surface area (Å²) in [5.41, 5.74) is -0.554. The topological polar surface area (TPSA) is 69.1 Å². The number of carbonyl (C=O) groups excluding carboxylic acids is 1. The normalized spacial score (nSPS) is 19.9. The number of alkyl halides is 3. The van der Waals surface area contributed by atoms with Gasteiger partial charge in [0, 0.05) is 64.4 Å². The number of piperazine rings is 1. The lowest BCUT2D eigenvalue weighted by atomic mass is 9.86. The summed E-state index contributed by atoms with van der Waals surface area (Å²) in [4.78, 5) is 22.8. The minimum absolute atomic E-state index is 0.0251. The van der Waals surface area contributed by atoms with E-state index in [-0.39, 0.29) is 24.7 Å². The second-order valence-electron chi connectivity index (χ2n) is 9.76. The van der Waals surface area contributed by atoms with Crippen molar-refractivity contribution < 1.29 is 27.8 Å². The summed E-state index contributed by atoms with van der Waals surface area (Å²) in [6, 6.07) is 13.3. The van der Waals surface area contributed by atoms with Crippen molar-refractivity contribution in [3.8, 4) is 0 Å². The third kappa shape index (κ3) is 6.67. The lowest BCUT2D eigenvalue weighted by Gasteiger charge is -2.51. The van der Waals surface area contributed by atoms with Gasteiger partial charge in [-0.3, -0.25) is 19.5 Å². The van der Waals surface area contributed by atoms with Gasteiger partial charge in [0.2, 0.25) is 5.91 Å². The number of benzene rings is 1. The molecule has 2 aliphatic rings. The van der Waals surface area contributed by atoms with E-state index in [0.717, 1.165) is 37.8 Å². The fourth-order valence-electron chi connectivity index (χ4n) is 5.27. The third-order valence-electron chi connectivity index (χ3n) is 7.44. The van der Waals surface area contributed by atoms with Gasteiger partial charge in [0.05, 0.1) is 6.10 Å². The Morgan fingerprint density at radius 2 is 1.76 bits per heavy atom. The molecular formula is C27H35F3N4O3. The van der Waals surface area contributed by atoms with Crippen LogP contribution in [0.2, 0.25) is 0 Å². The largest absolute Gasteiger partial charge is 0.433 e. The minimum Gasteiger partial charge on any atom is -0.387 e. The van der Waals surface area contributed by atoms with Crippen LogP contribution in [0, 0.1) is 0 Å². The number of β-amino-alcohol motifs (C(OH)–C–C–N with tert-alkyl or cyclic N) is 1. The zero-order valence-electron chi connectivity index (χ0n) is 21.2. The Morgan fingerprint density at radius 1 is 1.08 bits per heavy atom. The van der Waals surface area contributed by atoms with Crippen LogP contribution < -0.4 is 4.90 Å². The highest BCUT2D eigenvalue weighted by Crippen LogP contribution is 2.34. The van der Waals surface area contributed by atoms with E-state index in [0.29, 0.717) is 32.6 Å². The molecule has 0 radical (unpaired) electrons. The molecule has 10 heteroatoms. The zero-order valence-corrected chi connectivity index (χ0v) is 21.2. The van der Waals surface area contributed by atoms with Crippen molar-refractivity contribution in [2.45, 2.75) is 44.0 Å². The average Bonchev–Trinajstić information content (AvgIpc) is 2.92. The molecule has 1 aromatic carbocycles. The van der Waals surface area contributed by atoms with Gasteiger partial charge in [0.1, 0.15) is 11.5 Å². The van der Waals surface area contributed by atoms with Crippen molar-refractivity contribution in [3.63, 3.8) is 0 Å². The van der Waals surface area contributed by atoms with E-state index in [1.54, 1.807) is 6.92 Å². The van der Waals surface area contributed by atoms with Gasteiger partial charge in [-0.2, -0.15) is 13.2 Å². The lowest BCUT2D eigenvalue weighted by molar-refractivity contribution is -0.141. The Labute approximate surface area is 215 Å². The molecule has 37 heavy (non-hydrogen) atoms. The SMILES string of the molecule is CCC(=O)N(CC1(N2CCN(CC(O)c3ccccc3)CC2)CCOCC1)c1cccc(C(F)(F)F)n1. The van der Waals surface area contributed by atoms with Crippen LogP contribution in [0.4, 0.5) is 19.0 Å². The van der Waals surface area contributed by atoms with Gasteiger partial charge in [0.15, 0.2) is 0 Å². The standard InChI is InChI=1S/C27H35F3N4O3/c1-2-25(36)34(24-10-6-9-23(31-24)27(28,29)30)20-26(11-17-37-18-12-26)33-15-13-32(14-16-33)19-22(35)21-7-4-3-5-8-21/h3-10,22,35H,2,11-20H2,1H3. The molecule has 4 rings (SSSR count). The van der Waals surface area contributed by atoms with E-state index in [4.69, 9.17) is 4.74 Å². The van der Waals surface area contributed by atoms with E-state index >= 15 is 0 Å². The molecule has 1 unspecified atom stereocenters. The second kappa shape index (κ2) is 11.9. The third-order valence-corrected chi connectivity index (χ3v) is 7.44. The van der Waals surface area contributed by atoms with Crippen LogP contribution in [0.1, 0.15) is 43.5 Å². The number of hydrogen-bond donors (Lipinski definition) is 1. The van der Waals surface area contributed by atoms with Crippen LogP contribution in [-0.4, -0.2) is 83.8 Å². The molecule has 202 valence electrons. The summed E-state index contributed by atoms with van der Waals surface area (Å²) in [7, 11) is 0. The summed E-state index contributed by atoms with van der Waals surface area (Å²) in [6.07, 6.45) is -3.66.